The first kappa shape index (κ1) is 104. The summed E-state index contributed by atoms with van der Waals surface area (Å²) in [6, 6.07) is 0. The van der Waals surface area contributed by atoms with Gasteiger partial charge in [-0.3, -0.25) is 37.3 Å². The van der Waals surface area contributed by atoms with Crippen LogP contribution in [0.3, 0.4) is 0 Å². The van der Waals surface area contributed by atoms with Crippen LogP contribution >= 0.6 is 15.6 Å². The Balaban J connectivity index is 5.46. The topological polar surface area (TPSA) is 237 Å². The Labute approximate surface area is 667 Å². The molecule has 0 heterocycles. The summed E-state index contributed by atoms with van der Waals surface area (Å²) in [7, 11) is -10.0. The minimum absolute atomic E-state index is 0.0297. The zero-order valence-corrected chi connectivity index (χ0v) is 70.4. The molecule has 3 N–H and O–H groups in total. The molecule has 0 saturated carbocycles. The van der Waals surface area contributed by atoms with Gasteiger partial charge < -0.3 is 33.8 Å². The van der Waals surface area contributed by atoms with Crippen molar-refractivity contribution < 1.29 is 80.2 Å². The Morgan fingerprint density at radius 1 is 0.264 bits per heavy atom. The standard InChI is InChI=1S/C91H150O17P2/c1-5-9-13-17-21-25-29-33-36-39-42-45-48-52-55-59-63-67-71-75-88(93)101-81-86(107-90(95)77-73-69-65-61-57-51-32-28-24-20-16-12-8-4)83-105-109(97,98)103-79-85(92)80-104-110(99,100)106-84-87(108-91(96)78-74-70-66-62-58-54-50-47-44-41-38-35-31-27-23-19-15-11-7-3)82-102-89(94)76-72-68-64-60-56-53-49-46-43-40-37-34-30-26-22-18-14-10-6-2/h9-10,13-14,21-23,25-28,32-38,42-47,52,55,63,67,85-87,92H,5-8,11-12,15-20,24,29-31,39-41,48-51,53-54,56-62,64-66,68-84H2,1-4H3,(H,97,98)(H,99,100)/b13-9-,14-10-,25-21-,26-22-,27-23-,32-28-,36-33-,37-34-,38-35-,45-42-,46-43-,47-44-,55-52-,67-63-. The summed E-state index contributed by atoms with van der Waals surface area (Å²) in [6.07, 6.45) is 97.6. The smallest absolute Gasteiger partial charge is 0.462 e. The number of rotatable bonds is 78. The van der Waals surface area contributed by atoms with Crippen LogP contribution in [0.5, 0.6) is 0 Å². The average Bonchev–Trinajstić information content (AvgIpc) is 0.942. The van der Waals surface area contributed by atoms with Gasteiger partial charge in [-0.2, -0.15) is 0 Å². The van der Waals surface area contributed by atoms with E-state index in [0.29, 0.717) is 32.1 Å². The second-order valence-electron chi connectivity index (χ2n) is 27.6. The molecule has 0 aliphatic heterocycles. The van der Waals surface area contributed by atoms with E-state index in [1.807, 2.05) is 18.2 Å². The van der Waals surface area contributed by atoms with Crippen molar-refractivity contribution in [1.82, 2.24) is 0 Å². The molecule has 5 unspecified atom stereocenters. The van der Waals surface area contributed by atoms with Crippen LogP contribution < -0.4 is 0 Å². The maximum Gasteiger partial charge on any atom is 0.472 e. The minimum Gasteiger partial charge on any atom is -0.462 e. The molecule has 0 fully saturated rings. The van der Waals surface area contributed by atoms with Crippen molar-refractivity contribution in [2.75, 3.05) is 39.6 Å². The fraction of sp³-hybridized carbons (Fsp3) is 0.648. The van der Waals surface area contributed by atoms with Gasteiger partial charge in [0.25, 0.3) is 0 Å². The number of hydrogen-bond donors (Lipinski definition) is 3. The van der Waals surface area contributed by atoms with Crippen molar-refractivity contribution >= 4 is 39.5 Å². The van der Waals surface area contributed by atoms with Crippen molar-refractivity contribution in [3.8, 4) is 0 Å². The molecule has 0 aliphatic carbocycles. The lowest BCUT2D eigenvalue weighted by Crippen LogP contribution is -2.30. The molecule has 17 nitrogen and oxygen atoms in total. The van der Waals surface area contributed by atoms with E-state index >= 15 is 0 Å². The molecule has 0 spiro atoms. The number of esters is 4. The van der Waals surface area contributed by atoms with Crippen molar-refractivity contribution in [3.63, 3.8) is 0 Å². The lowest BCUT2D eigenvalue weighted by molar-refractivity contribution is -0.161. The minimum atomic E-state index is -5.01. The molecular formula is C91H150O17P2. The van der Waals surface area contributed by atoms with Crippen molar-refractivity contribution in [1.29, 1.82) is 0 Å². The predicted octanol–water partition coefficient (Wildman–Crippen LogP) is 25.3. The molecule has 5 atom stereocenters. The van der Waals surface area contributed by atoms with Gasteiger partial charge in [0.1, 0.15) is 19.3 Å². The van der Waals surface area contributed by atoms with Crippen LogP contribution in [0, 0.1) is 0 Å². The Hall–Kier alpha value is -5.58. The molecule has 0 aromatic carbocycles. The zero-order chi connectivity index (χ0) is 80.3. The summed E-state index contributed by atoms with van der Waals surface area (Å²) in [5, 5.41) is 10.7. The molecule has 0 saturated heterocycles. The molecule has 0 aliphatic rings. The second kappa shape index (κ2) is 81.4. The first-order valence-corrected chi connectivity index (χ1v) is 45.4. The van der Waals surface area contributed by atoms with Crippen LogP contribution in [0.15, 0.2) is 170 Å². The Morgan fingerprint density at radius 2 is 0.491 bits per heavy atom. The Morgan fingerprint density at radius 3 is 0.809 bits per heavy atom. The number of ether oxygens (including phenoxy) is 4. The molecule has 19 heteroatoms. The number of phosphoric ester groups is 2. The summed E-state index contributed by atoms with van der Waals surface area (Å²) in [6.45, 7) is 4.49. The number of allylic oxidation sites excluding steroid dienone is 28. The quantitative estimate of drug-likeness (QED) is 0.0169. The van der Waals surface area contributed by atoms with Crippen LogP contribution in [0.25, 0.3) is 0 Å². The van der Waals surface area contributed by atoms with E-state index in [1.54, 1.807) is 0 Å². The molecule has 0 aromatic heterocycles. The highest BCUT2D eigenvalue weighted by molar-refractivity contribution is 7.47. The predicted molar refractivity (Wildman–Crippen MR) is 454 cm³/mol. The lowest BCUT2D eigenvalue weighted by atomic mass is 10.1. The van der Waals surface area contributed by atoms with Crippen LogP contribution in [-0.4, -0.2) is 96.7 Å². The number of unbranched alkanes of at least 4 members (excludes halogenated alkanes) is 24. The normalized spacial score (nSPS) is 14.6. The number of carbonyl (C=O) groups is 4. The summed E-state index contributed by atoms with van der Waals surface area (Å²) in [5.41, 5.74) is 0. The fourth-order valence-corrected chi connectivity index (χ4v) is 12.3. The zero-order valence-electron chi connectivity index (χ0n) is 68.6. The van der Waals surface area contributed by atoms with Gasteiger partial charge >= 0.3 is 39.5 Å². The molecule has 0 rings (SSSR count). The number of phosphoric acid groups is 2. The van der Waals surface area contributed by atoms with Crippen LogP contribution in [0.4, 0.5) is 0 Å². The van der Waals surface area contributed by atoms with E-state index in [1.165, 1.54) is 44.9 Å². The highest BCUT2D eigenvalue weighted by atomic mass is 31.2. The summed E-state index contributed by atoms with van der Waals surface area (Å²) in [5.74, 6) is -2.32. The van der Waals surface area contributed by atoms with Gasteiger partial charge in [-0.05, 0) is 167 Å². The summed E-state index contributed by atoms with van der Waals surface area (Å²) < 4.78 is 68.7. The largest absolute Gasteiger partial charge is 0.472 e. The van der Waals surface area contributed by atoms with Crippen LogP contribution in [-0.2, 0) is 65.4 Å². The monoisotopic (exact) mass is 1580 g/mol. The van der Waals surface area contributed by atoms with Gasteiger partial charge in [-0.15, -0.1) is 0 Å². The number of aliphatic hydroxyl groups excluding tert-OH is 1. The van der Waals surface area contributed by atoms with Crippen LogP contribution in [0.1, 0.15) is 323 Å². The maximum atomic E-state index is 13.1. The fourth-order valence-electron chi connectivity index (χ4n) is 10.8. The number of carbonyl (C=O) groups excluding carboxylic acids is 4. The summed E-state index contributed by atoms with van der Waals surface area (Å²) >= 11 is 0. The van der Waals surface area contributed by atoms with Gasteiger partial charge in [0.05, 0.1) is 26.4 Å². The average molecular weight is 1580 g/mol. The first-order chi connectivity index (χ1) is 53.7. The molecule has 0 radical (unpaired) electrons. The first-order valence-electron chi connectivity index (χ1n) is 42.4. The second-order valence-corrected chi connectivity index (χ2v) is 30.6. The van der Waals surface area contributed by atoms with E-state index in [-0.39, 0.29) is 25.7 Å². The highest BCUT2D eigenvalue weighted by Gasteiger charge is 2.30. The SMILES string of the molecule is CC/C=C\C/C=C\C/C=C\C/C=C\C/C=C\C/C=C\CCC(=O)OCC(COP(=O)(O)OCC(O)COP(=O)(O)OCC(COC(=O)CCCCCCCC/C=C\C/C=C\C/C=C\C/C=C\CC)OC(=O)CCCCCCCC/C=C\C/C=C\C/C=C\CCCCC)OC(=O)CCCCCCC/C=C\CCCCCC. The Bertz CT molecular complexity index is 2750. The molecule has 110 heavy (non-hydrogen) atoms. The maximum absolute atomic E-state index is 13.1. The third kappa shape index (κ3) is 80.5. The van der Waals surface area contributed by atoms with E-state index in [4.69, 9.17) is 37.0 Å². The van der Waals surface area contributed by atoms with E-state index in [9.17, 15) is 43.2 Å². The van der Waals surface area contributed by atoms with Crippen LogP contribution in [0.2, 0.25) is 0 Å². The summed E-state index contributed by atoms with van der Waals surface area (Å²) in [4.78, 5) is 73.2. The molecule has 0 bridgehead atoms. The van der Waals surface area contributed by atoms with Gasteiger partial charge in [0, 0.05) is 25.7 Å². The van der Waals surface area contributed by atoms with Crippen molar-refractivity contribution in [2.24, 2.45) is 0 Å². The third-order valence-corrected chi connectivity index (χ3v) is 19.1. The van der Waals surface area contributed by atoms with E-state index in [2.05, 4.69) is 180 Å². The highest BCUT2D eigenvalue weighted by Crippen LogP contribution is 2.45. The van der Waals surface area contributed by atoms with Crippen molar-refractivity contribution in [2.45, 2.75) is 341 Å². The molecule has 0 aromatic rings. The van der Waals surface area contributed by atoms with Gasteiger partial charge in [0.2, 0.25) is 0 Å². The molecule has 626 valence electrons. The van der Waals surface area contributed by atoms with Gasteiger partial charge in [-0.1, -0.05) is 301 Å². The Kier molecular flexibility index (Phi) is 77.3. The van der Waals surface area contributed by atoms with E-state index < -0.39 is 97.5 Å². The lowest BCUT2D eigenvalue weighted by Gasteiger charge is -2.21. The van der Waals surface area contributed by atoms with E-state index in [0.717, 1.165) is 193 Å². The number of aliphatic hydroxyl groups is 1. The third-order valence-electron chi connectivity index (χ3n) is 17.2. The van der Waals surface area contributed by atoms with Gasteiger partial charge in [0.15, 0.2) is 12.2 Å². The molecule has 0 amide bonds. The molecular weight excluding hydrogens is 1430 g/mol. The van der Waals surface area contributed by atoms with Gasteiger partial charge in [-0.25, -0.2) is 9.13 Å². The van der Waals surface area contributed by atoms with Crippen molar-refractivity contribution in [3.05, 3.63) is 170 Å². The number of hydrogen-bond acceptors (Lipinski definition) is 15.